The van der Waals surface area contributed by atoms with E-state index in [2.05, 4.69) is 5.32 Å². The van der Waals surface area contributed by atoms with Gasteiger partial charge in [-0.05, 0) is 49.7 Å². The largest absolute Gasteiger partial charge is 0.353 e. The lowest BCUT2D eigenvalue weighted by atomic mass is 9.78. The van der Waals surface area contributed by atoms with Gasteiger partial charge in [-0.3, -0.25) is 4.79 Å². The molecule has 0 spiro atoms. The summed E-state index contributed by atoms with van der Waals surface area (Å²) < 4.78 is 0. The van der Waals surface area contributed by atoms with Gasteiger partial charge in [0, 0.05) is 12.0 Å². The minimum Gasteiger partial charge on any atom is -0.353 e. The van der Waals surface area contributed by atoms with Crippen molar-refractivity contribution in [3.8, 4) is 0 Å². The number of rotatable bonds is 3. The summed E-state index contributed by atoms with van der Waals surface area (Å²) in [5.74, 6) is 3.26. The number of hydrogen-bond acceptors (Lipinski definition) is 3. The molecule has 1 saturated carbocycles. The molecule has 2 unspecified atom stereocenters. The van der Waals surface area contributed by atoms with Crippen LogP contribution in [0.15, 0.2) is 0 Å². The molecule has 1 amide bonds. The third kappa shape index (κ3) is 3.62. The van der Waals surface area contributed by atoms with Crippen LogP contribution in [0.2, 0.25) is 0 Å². The van der Waals surface area contributed by atoms with Crippen molar-refractivity contribution < 1.29 is 4.79 Å². The second kappa shape index (κ2) is 6.64. The first-order chi connectivity index (χ1) is 8.31. The van der Waals surface area contributed by atoms with Crippen molar-refractivity contribution >= 4 is 17.7 Å². The number of nitrogens with one attached hydrogen (secondary N) is 1. The van der Waals surface area contributed by atoms with Crippen molar-refractivity contribution in [2.45, 2.75) is 44.6 Å². The van der Waals surface area contributed by atoms with Crippen molar-refractivity contribution in [2.24, 2.45) is 17.6 Å². The van der Waals surface area contributed by atoms with E-state index in [0.717, 1.165) is 25.7 Å². The minimum absolute atomic E-state index is 0.184. The van der Waals surface area contributed by atoms with Crippen molar-refractivity contribution in [1.29, 1.82) is 0 Å². The molecule has 98 valence electrons. The molecule has 0 aromatic heterocycles. The summed E-state index contributed by atoms with van der Waals surface area (Å²) >= 11 is 2.00. The Morgan fingerprint density at radius 3 is 2.59 bits per heavy atom. The van der Waals surface area contributed by atoms with Crippen LogP contribution in [0.3, 0.4) is 0 Å². The van der Waals surface area contributed by atoms with E-state index in [1.807, 2.05) is 11.8 Å². The summed E-state index contributed by atoms with van der Waals surface area (Å²) in [5.41, 5.74) is 5.78. The number of carbonyl (C=O) groups excluding carboxylic acids is 1. The number of carbonyl (C=O) groups is 1. The highest BCUT2D eigenvalue weighted by Crippen LogP contribution is 2.30. The van der Waals surface area contributed by atoms with Crippen LogP contribution in [0.5, 0.6) is 0 Å². The number of thioether (sulfide) groups is 1. The van der Waals surface area contributed by atoms with Crippen molar-refractivity contribution in [3.63, 3.8) is 0 Å². The van der Waals surface area contributed by atoms with Crippen molar-refractivity contribution in [3.05, 3.63) is 0 Å². The zero-order chi connectivity index (χ0) is 12.1. The molecule has 0 aromatic carbocycles. The third-order valence-electron chi connectivity index (χ3n) is 4.12. The first-order valence-corrected chi connectivity index (χ1v) is 8.05. The van der Waals surface area contributed by atoms with Gasteiger partial charge in [-0.1, -0.05) is 12.8 Å². The third-order valence-corrected chi connectivity index (χ3v) is 5.17. The van der Waals surface area contributed by atoms with Crippen LogP contribution in [-0.4, -0.2) is 30.0 Å². The molecule has 1 aliphatic carbocycles. The Labute approximate surface area is 108 Å². The maximum atomic E-state index is 12.3. The molecule has 2 rings (SSSR count). The van der Waals surface area contributed by atoms with E-state index in [0.29, 0.717) is 18.5 Å². The van der Waals surface area contributed by atoms with Crippen LogP contribution in [-0.2, 0) is 4.79 Å². The normalized spacial score (nSPS) is 31.1. The lowest BCUT2D eigenvalue weighted by Crippen LogP contribution is -2.44. The molecule has 0 aromatic rings. The maximum Gasteiger partial charge on any atom is 0.223 e. The highest BCUT2D eigenvalue weighted by Gasteiger charge is 2.31. The number of amides is 1. The molecule has 3 nitrogen and oxygen atoms in total. The molecule has 2 aliphatic rings. The standard InChI is InChI=1S/C13H24N2OS/c14-9-10-3-1-2-4-12(10)13(16)15-11-5-7-17-8-6-11/h10-12H,1-9,14H2,(H,15,16). The summed E-state index contributed by atoms with van der Waals surface area (Å²) in [6.45, 7) is 0.665. The molecule has 1 heterocycles. The van der Waals surface area contributed by atoms with Gasteiger partial charge in [-0.25, -0.2) is 0 Å². The summed E-state index contributed by atoms with van der Waals surface area (Å²) in [6.07, 6.45) is 6.87. The molecule has 2 atom stereocenters. The summed E-state index contributed by atoms with van der Waals surface area (Å²) in [5, 5.41) is 3.25. The van der Waals surface area contributed by atoms with Crippen LogP contribution in [0.1, 0.15) is 38.5 Å². The van der Waals surface area contributed by atoms with Gasteiger partial charge in [0.1, 0.15) is 0 Å². The quantitative estimate of drug-likeness (QED) is 0.809. The predicted molar refractivity (Wildman–Crippen MR) is 73.0 cm³/mol. The molecule has 1 saturated heterocycles. The van der Waals surface area contributed by atoms with Gasteiger partial charge in [0.25, 0.3) is 0 Å². The van der Waals surface area contributed by atoms with Gasteiger partial charge in [0.05, 0.1) is 0 Å². The predicted octanol–water partition coefficient (Wildman–Crippen LogP) is 1.76. The highest BCUT2D eigenvalue weighted by molar-refractivity contribution is 7.99. The molecular formula is C13H24N2OS. The molecule has 17 heavy (non-hydrogen) atoms. The van der Waals surface area contributed by atoms with Crippen molar-refractivity contribution in [2.75, 3.05) is 18.1 Å². The first kappa shape index (κ1) is 13.2. The van der Waals surface area contributed by atoms with Crippen LogP contribution in [0.4, 0.5) is 0 Å². The Morgan fingerprint density at radius 2 is 1.88 bits per heavy atom. The summed E-state index contributed by atoms with van der Waals surface area (Å²) in [4.78, 5) is 12.3. The van der Waals surface area contributed by atoms with Crippen LogP contribution >= 0.6 is 11.8 Å². The fraction of sp³-hybridized carbons (Fsp3) is 0.923. The molecule has 3 N–H and O–H groups in total. The Morgan fingerprint density at radius 1 is 1.18 bits per heavy atom. The van der Waals surface area contributed by atoms with E-state index in [4.69, 9.17) is 5.73 Å². The van der Waals surface area contributed by atoms with Crippen LogP contribution in [0.25, 0.3) is 0 Å². The topological polar surface area (TPSA) is 55.1 Å². The molecule has 4 heteroatoms. The molecular weight excluding hydrogens is 232 g/mol. The van der Waals surface area contributed by atoms with Gasteiger partial charge >= 0.3 is 0 Å². The Bertz CT molecular complexity index is 254. The van der Waals surface area contributed by atoms with E-state index >= 15 is 0 Å². The second-order valence-corrected chi connectivity index (χ2v) is 6.51. The molecule has 2 fully saturated rings. The van der Waals surface area contributed by atoms with E-state index in [9.17, 15) is 4.79 Å². The van der Waals surface area contributed by atoms with Crippen molar-refractivity contribution in [1.82, 2.24) is 5.32 Å². The lowest BCUT2D eigenvalue weighted by molar-refractivity contribution is -0.128. The number of hydrogen-bond donors (Lipinski definition) is 2. The van der Waals surface area contributed by atoms with Gasteiger partial charge in [-0.2, -0.15) is 11.8 Å². The second-order valence-electron chi connectivity index (χ2n) is 5.28. The summed E-state index contributed by atoms with van der Waals surface area (Å²) in [7, 11) is 0. The monoisotopic (exact) mass is 256 g/mol. The zero-order valence-corrected chi connectivity index (χ0v) is 11.3. The molecule has 0 bridgehead atoms. The van der Waals surface area contributed by atoms with E-state index in [1.165, 1.54) is 24.3 Å². The van der Waals surface area contributed by atoms with Gasteiger partial charge in [0.2, 0.25) is 5.91 Å². The van der Waals surface area contributed by atoms with E-state index in [1.54, 1.807) is 0 Å². The Balaban J connectivity index is 1.84. The Kier molecular flexibility index (Phi) is 5.16. The average molecular weight is 256 g/mol. The van der Waals surface area contributed by atoms with Gasteiger partial charge in [0.15, 0.2) is 0 Å². The minimum atomic E-state index is 0.184. The fourth-order valence-corrected chi connectivity index (χ4v) is 4.09. The summed E-state index contributed by atoms with van der Waals surface area (Å²) in [6, 6.07) is 0.420. The SMILES string of the molecule is NCC1CCCCC1C(=O)NC1CCSCC1. The zero-order valence-electron chi connectivity index (χ0n) is 10.5. The fourth-order valence-electron chi connectivity index (χ4n) is 2.99. The average Bonchev–Trinajstić information content (AvgIpc) is 2.40. The molecule has 1 aliphatic heterocycles. The number of nitrogens with two attached hydrogens (primary N) is 1. The maximum absolute atomic E-state index is 12.3. The van der Waals surface area contributed by atoms with E-state index in [-0.39, 0.29) is 11.8 Å². The lowest BCUT2D eigenvalue weighted by Gasteiger charge is -2.32. The van der Waals surface area contributed by atoms with Gasteiger partial charge < -0.3 is 11.1 Å². The van der Waals surface area contributed by atoms with Gasteiger partial charge in [-0.15, -0.1) is 0 Å². The first-order valence-electron chi connectivity index (χ1n) is 6.89. The highest BCUT2D eigenvalue weighted by atomic mass is 32.2. The molecule has 0 radical (unpaired) electrons. The Hall–Kier alpha value is -0.220. The smallest absolute Gasteiger partial charge is 0.223 e. The van der Waals surface area contributed by atoms with Crippen LogP contribution in [0, 0.1) is 11.8 Å². The van der Waals surface area contributed by atoms with E-state index < -0.39 is 0 Å². The van der Waals surface area contributed by atoms with Crippen LogP contribution < -0.4 is 11.1 Å².